The van der Waals surface area contributed by atoms with Crippen LogP contribution in [0.1, 0.15) is 15.9 Å². The molecule has 3 heterocycles. The Bertz CT molecular complexity index is 1090. The molecule has 1 atom stereocenters. The van der Waals surface area contributed by atoms with Gasteiger partial charge in [-0.05, 0) is 30.7 Å². The molecule has 1 fully saturated rings. The van der Waals surface area contributed by atoms with E-state index in [2.05, 4.69) is 20.6 Å². The van der Waals surface area contributed by atoms with Gasteiger partial charge in [0.1, 0.15) is 11.6 Å². The third-order valence-electron chi connectivity index (χ3n) is 4.82. The van der Waals surface area contributed by atoms with E-state index in [1.807, 2.05) is 24.0 Å². The summed E-state index contributed by atoms with van der Waals surface area (Å²) in [5.41, 5.74) is 0.838. The topological polar surface area (TPSA) is 70.2 Å². The number of nitrogens with zero attached hydrogens (tertiary/aromatic N) is 3. The Balaban J connectivity index is 1.54. The van der Waals surface area contributed by atoms with Crippen molar-refractivity contribution in [3.05, 3.63) is 63.6 Å². The Morgan fingerprint density at radius 3 is 2.93 bits per heavy atom. The third-order valence-corrected chi connectivity index (χ3v) is 5.81. The number of piperazine rings is 1. The fourth-order valence-corrected chi connectivity index (χ4v) is 3.97. The van der Waals surface area contributed by atoms with Crippen LogP contribution in [0.3, 0.4) is 0 Å². The molecule has 2 N–H and O–H groups in total. The summed E-state index contributed by atoms with van der Waals surface area (Å²) in [4.78, 5) is 23.4. The number of aromatic nitrogens is 2. The molecule has 1 aliphatic heterocycles. The van der Waals surface area contributed by atoms with Crippen molar-refractivity contribution in [1.29, 1.82) is 0 Å². The first-order valence-corrected chi connectivity index (χ1v) is 10.4. The standard InChI is InChI=1S/C20H18ClF2N5OS/c1-11-5-6-16(26-19(11)27-20-25-9-15(22)30-20)28-8-7-24-14(10-28)18(29)12-3-2-4-13(21)17(12)23/h2-6,9,14,24H,7-8,10H2,1H3,(H,25,26,27). The van der Waals surface area contributed by atoms with Crippen LogP contribution in [0.2, 0.25) is 5.02 Å². The molecule has 1 saturated heterocycles. The summed E-state index contributed by atoms with van der Waals surface area (Å²) in [7, 11) is 0. The number of carbonyl (C=O) groups excluding carboxylic acids is 1. The maximum Gasteiger partial charge on any atom is 0.198 e. The van der Waals surface area contributed by atoms with Crippen LogP contribution in [0.25, 0.3) is 0 Å². The Hall–Kier alpha value is -2.62. The van der Waals surface area contributed by atoms with Gasteiger partial charge in [0.15, 0.2) is 21.9 Å². The molecule has 0 spiro atoms. The number of anilines is 3. The van der Waals surface area contributed by atoms with Crippen molar-refractivity contribution in [2.45, 2.75) is 13.0 Å². The average molecular weight is 450 g/mol. The lowest BCUT2D eigenvalue weighted by atomic mass is 10.0. The van der Waals surface area contributed by atoms with Crippen LogP contribution in [0.5, 0.6) is 0 Å². The Labute approximate surface area is 180 Å². The van der Waals surface area contributed by atoms with Crippen LogP contribution in [-0.2, 0) is 0 Å². The van der Waals surface area contributed by atoms with Gasteiger partial charge in [0.2, 0.25) is 0 Å². The van der Waals surface area contributed by atoms with Crippen LogP contribution in [0, 0.1) is 17.9 Å². The molecular formula is C20H18ClF2N5OS. The summed E-state index contributed by atoms with van der Waals surface area (Å²) in [6.45, 7) is 3.37. The van der Waals surface area contributed by atoms with Crippen molar-refractivity contribution in [3.63, 3.8) is 0 Å². The van der Waals surface area contributed by atoms with Crippen molar-refractivity contribution >= 4 is 45.5 Å². The molecule has 0 saturated carbocycles. The lowest BCUT2D eigenvalue weighted by Gasteiger charge is -2.34. The lowest BCUT2D eigenvalue weighted by Crippen LogP contribution is -2.54. The van der Waals surface area contributed by atoms with Gasteiger partial charge in [-0.15, -0.1) is 0 Å². The fraction of sp³-hybridized carbons (Fsp3) is 0.250. The number of Topliss-reactive ketones (excluding diaryl/α,β-unsaturated/α-hetero) is 1. The summed E-state index contributed by atoms with van der Waals surface area (Å²) in [5, 5.41) is 6.11. The van der Waals surface area contributed by atoms with Crippen LogP contribution in [0.15, 0.2) is 36.5 Å². The van der Waals surface area contributed by atoms with Crippen molar-refractivity contribution in [1.82, 2.24) is 15.3 Å². The smallest absolute Gasteiger partial charge is 0.198 e. The largest absolute Gasteiger partial charge is 0.353 e. The van der Waals surface area contributed by atoms with E-state index < -0.39 is 11.9 Å². The molecule has 2 aromatic heterocycles. The molecule has 156 valence electrons. The zero-order valence-corrected chi connectivity index (χ0v) is 17.5. The molecule has 1 aliphatic rings. The minimum absolute atomic E-state index is 0.0353. The first kappa shape index (κ1) is 20.6. The number of halogens is 3. The Kier molecular flexibility index (Phi) is 5.94. The lowest BCUT2D eigenvalue weighted by molar-refractivity contribution is 0.0935. The molecule has 0 aliphatic carbocycles. The predicted molar refractivity (Wildman–Crippen MR) is 114 cm³/mol. The summed E-state index contributed by atoms with van der Waals surface area (Å²) in [6.07, 6.45) is 1.15. The maximum atomic E-state index is 14.3. The van der Waals surface area contributed by atoms with E-state index in [0.29, 0.717) is 36.4 Å². The van der Waals surface area contributed by atoms with Crippen LogP contribution >= 0.6 is 22.9 Å². The molecule has 4 rings (SSSR count). The van der Waals surface area contributed by atoms with Gasteiger partial charge in [0, 0.05) is 19.6 Å². The van der Waals surface area contributed by atoms with Gasteiger partial charge in [0.05, 0.1) is 22.8 Å². The first-order chi connectivity index (χ1) is 14.4. The molecular weight excluding hydrogens is 432 g/mol. The van der Waals surface area contributed by atoms with E-state index in [-0.39, 0.29) is 21.5 Å². The van der Waals surface area contributed by atoms with Crippen LogP contribution in [0.4, 0.5) is 25.5 Å². The highest BCUT2D eigenvalue weighted by atomic mass is 35.5. The average Bonchev–Trinajstić information content (AvgIpc) is 3.16. The fourth-order valence-electron chi connectivity index (χ4n) is 3.25. The highest BCUT2D eigenvalue weighted by Crippen LogP contribution is 2.26. The quantitative estimate of drug-likeness (QED) is 0.569. The van der Waals surface area contributed by atoms with E-state index in [1.165, 1.54) is 12.1 Å². The number of aryl methyl sites for hydroxylation is 1. The SMILES string of the molecule is Cc1ccc(N2CCNC(C(=O)c3cccc(Cl)c3F)C2)nc1Nc1ncc(F)s1. The second kappa shape index (κ2) is 8.63. The van der Waals surface area contributed by atoms with Crippen LogP contribution in [-0.4, -0.2) is 41.4 Å². The Morgan fingerprint density at radius 2 is 2.17 bits per heavy atom. The predicted octanol–water partition coefficient (Wildman–Crippen LogP) is 4.18. The van der Waals surface area contributed by atoms with Gasteiger partial charge in [-0.2, -0.15) is 4.39 Å². The number of hydrogen-bond donors (Lipinski definition) is 2. The van der Waals surface area contributed by atoms with Crippen molar-refractivity contribution in [2.24, 2.45) is 0 Å². The molecule has 6 nitrogen and oxygen atoms in total. The van der Waals surface area contributed by atoms with Gasteiger partial charge >= 0.3 is 0 Å². The molecule has 0 amide bonds. The number of pyridine rings is 1. The first-order valence-electron chi connectivity index (χ1n) is 9.25. The molecule has 1 aromatic carbocycles. The number of carbonyl (C=O) groups is 1. The summed E-state index contributed by atoms with van der Waals surface area (Å²) in [6, 6.07) is 7.55. The van der Waals surface area contributed by atoms with Gasteiger partial charge in [-0.3, -0.25) is 4.79 Å². The highest BCUT2D eigenvalue weighted by Gasteiger charge is 2.29. The monoisotopic (exact) mass is 449 g/mol. The normalized spacial score (nSPS) is 16.5. The zero-order chi connectivity index (χ0) is 21.3. The number of rotatable bonds is 5. The summed E-state index contributed by atoms with van der Waals surface area (Å²) in [5.74, 6) is 0.150. The maximum absolute atomic E-state index is 14.3. The van der Waals surface area contributed by atoms with E-state index in [1.54, 1.807) is 6.07 Å². The third kappa shape index (κ3) is 4.28. The number of nitrogens with one attached hydrogen (secondary N) is 2. The number of benzene rings is 1. The van der Waals surface area contributed by atoms with Crippen molar-refractivity contribution in [3.8, 4) is 0 Å². The van der Waals surface area contributed by atoms with Crippen LogP contribution < -0.4 is 15.5 Å². The molecule has 1 unspecified atom stereocenters. The van der Waals surface area contributed by atoms with E-state index in [0.717, 1.165) is 23.1 Å². The summed E-state index contributed by atoms with van der Waals surface area (Å²) < 4.78 is 27.5. The highest BCUT2D eigenvalue weighted by molar-refractivity contribution is 7.14. The van der Waals surface area contributed by atoms with Gasteiger partial charge < -0.3 is 15.5 Å². The second-order valence-electron chi connectivity index (χ2n) is 6.85. The molecule has 10 heteroatoms. The van der Waals surface area contributed by atoms with Gasteiger partial charge in [-0.1, -0.05) is 35.1 Å². The molecule has 0 bridgehead atoms. The minimum atomic E-state index is -0.710. The number of thiazole rings is 1. The van der Waals surface area contributed by atoms with E-state index in [4.69, 9.17) is 11.6 Å². The molecule has 0 radical (unpaired) electrons. The number of ketones is 1. The van der Waals surface area contributed by atoms with Crippen molar-refractivity contribution < 1.29 is 13.6 Å². The molecule has 30 heavy (non-hydrogen) atoms. The number of hydrogen-bond acceptors (Lipinski definition) is 7. The Morgan fingerprint density at radius 1 is 1.33 bits per heavy atom. The van der Waals surface area contributed by atoms with Crippen molar-refractivity contribution in [2.75, 3.05) is 29.9 Å². The second-order valence-corrected chi connectivity index (χ2v) is 8.24. The zero-order valence-electron chi connectivity index (χ0n) is 16.0. The minimum Gasteiger partial charge on any atom is -0.353 e. The summed E-state index contributed by atoms with van der Waals surface area (Å²) >= 11 is 6.71. The van der Waals surface area contributed by atoms with E-state index >= 15 is 0 Å². The van der Waals surface area contributed by atoms with Gasteiger partial charge in [0.25, 0.3) is 0 Å². The molecule has 3 aromatic rings. The van der Waals surface area contributed by atoms with Gasteiger partial charge in [-0.25, -0.2) is 14.4 Å². The van der Waals surface area contributed by atoms with E-state index in [9.17, 15) is 13.6 Å².